The van der Waals surface area contributed by atoms with Gasteiger partial charge in [0.05, 0.1) is 11.0 Å². The largest absolute Gasteiger partial charge is 0.309 e. The first-order valence-electron chi connectivity index (χ1n) is 15.9. The molecule has 0 fully saturated rings. The number of nitrogens with zero attached hydrogens (tertiary/aromatic N) is 1. The quantitative estimate of drug-likeness (QED) is 0.199. The van der Waals surface area contributed by atoms with Crippen molar-refractivity contribution in [1.82, 2.24) is 4.57 Å². The van der Waals surface area contributed by atoms with Gasteiger partial charge in [-0.25, -0.2) is 0 Å². The van der Waals surface area contributed by atoms with Crippen molar-refractivity contribution in [1.29, 1.82) is 0 Å². The van der Waals surface area contributed by atoms with Gasteiger partial charge in [0.2, 0.25) is 0 Å². The van der Waals surface area contributed by atoms with E-state index in [0.29, 0.717) is 0 Å². The van der Waals surface area contributed by atoms with Crippen LogP contribution in [0, 0.1) is 0 Å². The molecule has 7 aromatic carbocycles. The van der Waals surface area contributed by atoms with E-state index in [1.165, 1.54) is 88.7 Å². The fraction of sp³-hybridized carbons (Fsp3) is 0.0455. The standard InChI is InChI=1S/C44H29N/c1-3-11-28(12-4-1)42-36-18-10-9-17-35(36)38-26-29(19-22-37(38)42)30-20-23-40-39(27-30)44-41(45(40)33-14-5-2-6-15-33)24-21-32-25-31-13-7-8-16-34(31)43(32)44/h1-24,26-27,42H,25H2. The summed E-state index contributed by atoms with van der Waals surface area (Å²) in [6.07, 6.45) is 0.992. The highest BCUT2D eigenvalue weighted by Crippen LogP contribution is 2.50. The molecule has 10 rings (SSSR count). The van der Waals surface area contributed by atoms with Gasteiger partial charge in [-0.15, -0.1) is 0 Å². The van der Waals surface area contributed by atoms with E-state index in [4.69, 9.17) is 0 Å². The summed E-state index contributed by atoms with van der Waals surface area (Å²) in [4.78, 5) is 0. The smallest absolute Gasteiger partial charge is 0.0547 e. The molecule has 0 spiro atoms. The second kappa shape index (κ2) is 9.42. The Balaban J connectivity index is 1.21. The molecule has 45 heavy (non-hydrogen) atoms. The van der Waals surface area contributed by atoms with Crippen LogP contribution in [0.1, 0.15) is 33.7 Å². The molecule has 0 N–H and O–H groups in total. The van der Waals surface area contributed by atoms with E-state index in [0.717, 1.165) is 6.42 Å². The first-order valence-corrected chi connectivity index (χ1v) is 15.9. The Bertz CT molecular complexity index is 2450. The van der Waals surface area contributed by atoms with E-state index in [-0.39, 0.29) is 5.92 Å². The summed E-state index contributed by atoms with van der Waals surface area (Å²) in [5, 5.41) is 2.66. The molecule has 1 unspecified atom stereocenters. The van der Waals surface area contributed by atoms with Crippen LogP contribution in [0.5, 0.6) is 0 Å². The topological polar surface area (TPSA) is 4.93 Å². The lowest BCUT2D eigenvalue weighted by atomic mass is 9.89. The molecule has 1 aromatic heterocycles. The van der Waals surface area contributed by atoms with Crippen LogP contribution in [0.15, 0.2) is 158 Å². The van der Waals surface area contributed by atoms with E-state index in [9.17, 15) is 0 Å². The minimum Gasteiger partial charge on any atom is -0.309 e. The SMILES string of the molecule is c1ccc(C2c3ccccc3-c3cc(-c4ccc5c(c4)c4c6c(ccc4n5-c4ccccc4)Cc4ccccc4-6)ccc32)cc1. The van der Waals surface area contributed by atoms with Crippen molar-refractivity contribution >= 4 is 21.8 Å². The molecular weight excluding hydrogens is 542 g/mol. The molecule has 1 nitrogen and oxygen atoms in total. The summed E-state index contributed by atoms with van der Waals surface area (Å²) in [5.41, 5.74) is 18.6. The van der Waals surface area contributed by atoms with Crippen LogP contribution >= 0.6 is 0 Å². The number of rotatable bonds is 3. The summed E-state index contributed by atoms with van der Waals surface area (Å²) >= 11 is 0. The highest BCUT2D eigenvalue weighted by atomic mass is 15.0. The summed E-state index contributed by atoms with van der Waals surface area (Å²) in [6.45, 7) is 0. The molecule has 2 aliphatic rings. The molecule has 1 heteroatoms. The summed E-state index contributed by atoms with van der Waals surface area (Å²) in [6, 6.07) is 58.5. The molecule has 2 aliphatic carbocycles. The van der Waals surface area contributed by atoms with Crippen molar-refractivity contribution in [3.63, 3.8) is 0 Å². The third-order valence-electron chi connectivity index (χ3n) is 10.1. The van der Waals surface area contributed by atoms with Crippen LogP contribution in [0.4, 0.5) is 0 Å². The highest BCUT2D eigenvalue weighted by Gasteiger charge is 2.30. The van der Waals surface area contributed by atoms with Gasteiger partial charge in [-0.1, -0.05) is 121 Å². The van der Waals surface area contributed by atoms with E-state index in [1.54, 1.807) is 0 Å². The van der Waals surface area contributed by atoms with Crippen molar-refractivity contribution in [2.24, 2.45) is 0 Å². The lowest BCUT2D eigenvalue weighted by Crippen LogP contribution is -1.98. The second-order valence-corrected chi connectivity index (χ2v) is 12.5. The Morgan fingerprint density at radius 3 is 2.00 bits per heavy atom. The minimum absolute atomic E-state index is 0.264. The molecular formula is C44H29N. The molecule has 0 amide bonds. The predicted octanol–water partition coefficient (Wildman–Crippen LogP) is 11.2. The summed E-state index contributed by atoms with van der Waals surface area (Å²) < 4.78 is 2.44. The van der Waals surface area contributed by atoms with Gasteiger partial charge in [-0.2, -0.15) is 0 Å². The van der Waals surface area contributed by atoms with Crippen LogP contribution in [0.25, 0.3) is 60.9 Å². The van der Waals surface area contributed by atoms with Crippen LogP contribution in [0.3, 0.4) is 0 Å². The van der Waals surface area contributed by atoms with Gasteiger partial charge in [0, 0.05) is 22.4 Å². The molecule has 1 atom stereocenters. The van der Waals surface area contributed by atoms with Gasteiger partial charge in [0.1, 0.15) is 0 Å². The van der Waals surface area contributed by atoms with Crippen LogP contribution in [0.2, 0.25) is 0 Å². The first-order chi connectivity index (χ1) is 22.3. The van der Waals surface area contributed by atoms with Gasteiger partial charge < -0.3 is 4.57 Å². The zero-order valence-corrected chi connectivity index (χ0v) is 24.7. The van der Waals surface area contributed by atoms with Gasteiger partial charge in [0.25, 0.3) is 0 Å². The summed E-state index contributed by atoms with van der Waals surface area (Å²) in [7, 11) is 0. The number of fused-ring (bicyclic) bond motifs is 10. The van der Waals surface area contributed by atoms with Gasteiger partial charge in [-0.05, 0) is 104 Å². The van der Waals surface area contributed by atoms with E-state index in [1.807, 2.05) is 0 Å². The van der Waals surface area contributed by atoms with E-state index in [2.05, 4.69) is 162 Å². The number of aromatic nitrogens is 1. The maximum absolute atomic E-state index is 2.44. The van der Waals surface area contributed by atoms with Crippen LogP contribution in [-0.4, -0.2) is 4.57 Å². The summed E-state index contributed by atoms with van der Waals surface area (Å²) in [5.74, 6) is 0.264. The van der Waals surface area contributed by atoms with Crippen molar-refractivity contribution < 1.29 is 0 Å². The third kappa shape index (κ3) is 3.56. The Morgan fingerprint density at radius 2 is 1.13 bits per heavy atom. The van der Waals surface area contributed by atoms with Crippen molar-refractivity contribution in [2.45, 2.75) is 12.3 Å². The average molecular weight is 572 g/mol. The zero-order valence-electron chi connectivity index (χ0n) is 24.7. The molecule has 0 radical (unpaired) electrons. The molecule has 1 heterocycles. The average Bonchev–Trinajstić information content (AvgIpc) is 3.76. The molecule has 0 bridgehead atoms. The van der Waals surface area contributed by atoms with E-state index >= 15 is 0 Å². The fourth-order valence-corrected chi connectivity index (χ4v) is 8.16. The molecule has 0 saturated heterocycles. The highest BCUT2D eigenvalue weighted by molar-refractivity contribution is 6.18. The molecule has 8 aromatic rings. The lowest BCUT2D eigenvalue weighted by Gasteiger charge is -2.14. The van der Waals surface area contributed by atoms with Crippen LogP contribution in [-0.2, 0) is 6.42 Å². The number of hydrogen-bond acceptors (Lipinski definition) is 0. The van der Waals surface area contributed by atoms with E-state index < -0.39 is 0 Å². The molecule has 0 aliphatic heterocycles. The third-order valence-corrected chi connectivity index (χ3v) is 10.1. The Kier molecular flexibility index (Phi) is 5.18. The lowest BCUT2D eigenvalue weighted by molar-refractivity contribution is 1.02. The van der Waals surface area contributed by atoms with Gasteiger partial charge >= 0.3 is 0 Å². The predicted molar refractivity (Wildman–Crippen MR) is 187 cm³/mol. The number of para-hydroxylation sites is 1. The second-order valence-electron chi connectivity index (χ2n) is 12.5. The first kappa shape index (κ1) is 24.7. The maximum Gasteiger partial charge on any atom is 0.0547 e. The monoisotopic (exact) mass is 571 g/mol. The zero-order chi connectivity index (χ0) is 29.5. The van der Waals surface area contributed by atoms with Gasteiger partial charge in [-0.3, -0.25) is 0 Å². The molecule has 210 valence electrons. The Labute approximate surface area is 262 Å². The van der Waals surface area contributed by atoms with Crippen molar-refractivity contribution in [3.05, 3.63) is 186 Å². The Hall–Kier alpha value is -5.66. The van der Waals surface area contributed by atoms with Crippen molar-refractivity contribution in [3.8, 4) is 39.1 Å². The number of benzene rings is 7. The maximum atomic E-state index is 2.44. The normalized spacial score (nSPS) is 14.4. The fourth-order valence-electron chi connectivity index (χ4n) is 8.16. The number of hydrogen-bond donors (Lipinski definition) is 0. The minimum atomic E-state index is 0.264. The van der Waals surface area contributed by atoms with Crippen molar-refractivity contribution in [2.75, 3.05) is 0 Å². The Morgan fingerprint density at radius 1 is 0.467 bits per heavy atom. The van der Waals surface area contributed by atoms with Crippen LogP contribution < -0.4 is 0 Å². The molecule has 0 saturated carbocycles. The van der Waals surface area contributed by atoms with Gasteiger partial charge in [0.15, 0.2) is 0 Å².